The van der Waals surface area contributed by atoms with E-state index in [1.165, 1.54) is 12.8 Å². The first kappa shape index (κ1) is 18.4. The van der Waals surface area contributed by atoms with Crippen LogP contribution in [0.15, 0.2) is 0 Å². The molecular formula is C16H32N2O3. The molecule has 2 atom stereocenters. The number of nitrogens with zero attached hydrogens (tertiary/aromatic N) is 1. The van der Waals surface area contributed by atoms with E-state index in [-0.39, 0.29) is 12.0 Å². The summed E-state index contributed by atoms with van der Waals surface area (Å²) in [5.41, 5.74) is 0. The molecular weight excluding hydrogens is 268 g/mol. The molecule has 5 nitrogen and oxygen atoms in total. The molecule has 1 saturated carbocycles. The number of likely N-dealkylation sites (N-methyl/N-ethyl adjacent to an activating group) is 1. The summed E-state index contributed by atoms with van der Waals surface area (Å²) in [7, 11) is 1.74. The number of methoxy groups -OCH3 is 1. The Kier molecular flexibility index (Phi) is 8.88. The fourth-order valence-electron chi connectivity index (χ4n) is 2.69. The van der Waals surface area contributed by atoms with Crippen molar-refractivity contribution in [3.63, 3.8) is 0 Å². The molecule has 1 rings (SSSR count). The Morgan fingerprint density at radius 3 is 2.57 bits per heavy atom. The number of nitrogens with one attached hydrogen (secondary N) is 1. The minimum atomic E-state index is -0.202. The van der Waals surface area contributed by atoms with Gasteiger partial charge in [0.05, 0.1) is 13.2 Å². The Balaban J connectivity index is 2.48. The van der Waals surface area contributed by atoms with Gasteiger partial charge in [-0.2, -0.15) is 0 Å². The van der Waals surface area contributed by atoms with Crippen LogP contribution in [0.1, 0.15) is 40.0 Å². The van der Waals surface area contributed by atoms with Gasteiger partial charge < -0.3 is 14.8 Å². The van der Waals surface area contributed by atoms with Gasteiger partial charge in [0.2, 0.25) is 0 Å². The Hall–Kier alpha value is -0.650. The summed E-state index contributed by atoms with van der Waals surface area (Å²) in [4.78, 5) is 14.4. The van der Waals surface area contributed by atoms with Crippen LogP contribution in [0.5, 0.6) is 0 Å². The van der Waals surface area contributed by atoms with Crippen LogP contribution in [0, 0.1) is 5.92 Å². The number of hydrogen-bond acceptors (Lipinski definition) is 5. The van der Waals surface area contributed by atoms with Gasteiger partial charge in [-0.15, -0.1) is 0 Å². The second-order valence-corrected chi connectivity index (χ2v) is 5.76. The summed E-state index contributed by atoms with van der Waals surface area (Å²) in [5, 5.41) is 3.23. The third kappa shape index (κ3) is 6.76. The molecule has 0 aliphatic heterocycles. The van der Waals surface area contributed by atoms with Crippen molar-refractivity contribution in [2.24, 2.45) is 5.92 Å². The predicted molar refractivity (Wildman–Crippen MR) is 84.3 cm³/mol. The van der Waals surface area contributed by atoms with Crippen LogP contribution in [0.4, 0.5) is 0 Å². The maximum Gasteiger partial charge on any atom is 0.323 e. The minimum Gasteiger partial charge on any atom is -0.465 e. The third-order valence-corrected chi connectivity index (χ3v) is 4.19. The molecule has 0 aromatic carbocycles. The zero-order valence-electron chi connectivity index (χ0n) is 14.1. The summed E-state index contributed by atoms with van der Waals surface area (Å²) in [6, 6.07) is 0.371. The lowest BCUT2D eigenvalue weighted by Crippen LogP contribution is -2.44. The van der Waals surface area contributed by atoms with E-state index < -0.39 is 0 Å². The first-order valence-electron chi connectivity index (χ1n) is 8.27. The molecule has 1 aliphatic carbocycles. The summed E-state index contributed by atoms with van der Waals surface area (Å²) < 4.78 is 10.4. The summed E-state index contributed by atoms with van der Waals surface area (Å²) in [6.45, 7) is 9.94. The van der Waals surface area contributed by atoms with E-state index in [1.807, 2.05) is 13.8 Å². The predicted octanol–water partition coefficient (Wildman–Crippen LogP) is 1.66. The topological polar surface area (TPSA) is 50.8 Å². The van der Waals surface area contributed by atoms with E-state index in [9.17, 15) is 4.79 Å². The highest BCUT2D eigenvalue weighted by molar-refractivity contribution is 5.75. The summed E-state index contributed by atoms with van der Waals surface area (Å²) in [5.74, 6) is 0.687. The molecule has 21 heavy (non-hydrogen) atoms. The van der Waals surface area contributed by atoms with Crippen molar-refractivity contribution in [1.29, 1.82) is 0 Å². The highest BCUT2D eigenvalue weighted by Gasteiger charge is 2.32. The van der Waals surface area contributed by atoms with Gasteiger partial charge in [-0.05, 0) is 45.6 Å². The Morgan fingerprint density at radius 1 is 1.33 bits per heavy atom. The second kappa shape index (κ2) is 10.1. The van der Waals surface area contributed by atoms with E-state index >= 15 is 0 Å². The highest BCUT2D eigenvalue weighted by atomic mass is 16.5. The van der Waals surface area contributed by atoms with E-state index in [1.54, 1.807) is 7.11 Å². The van der Waals surface area contributed by atoms with Crippen LogP contribution in [0.25, 0.3) is 0 Å². The van der Waals surface area contributed by atoms with Gasteiger partial charge in [0.15, 0.2) is 0 Å². The lowest BCUT2D eigenvalue weighted by Gasteiger charge is -2.30. The fourth-order valence-corrected chi connectivity index (χ4v) is 2.69. The molecule has 0 amide bonds. The fraction of sp³-hybridized carbons (Fsp3) is 0.938. The number of carbonyl (C=O) groups is 1. The molecule has 0 bridgehead atoms. The van der Waals surface area contributed by atoms with Crippen LogP contribution in [0.2, 0.25) is 0 Å². The first-order chi connectivity index (χ1) is 10.1. The maximum atomic E-state index is 11.9. The molecule has 0 spiro atoms. The van der Waals surface area contributed by atoms with Gasteiger partial charge in [-0.3, -0.25) is 9.69 Å². The molecule has 1 aliphatic rings. The lowest BCUT2D eigenvalue weighted by atomic mass is 10.1. The summed E-state index contributed by atoms with van der Waals surface area (Å²) >= 11 is 0. The standard InChI is InChI=1S/C16H32N2O3/c1-5-17-15(16(19)21-6-2)9-10-18(11-12-20-4)13(3)14-7-8-14/h13-15,17H,5-12H2,1-4H3. The number of esters is 1. The van der Waals surface area contributed by atoms with Gasteiger partial charge >= 0.3 is 5.97 Å². The zero-order valence-corrected chi connectivity index (χ0v) is 14.1. The van der Waals surface area contributed by atoms with Crippen LogP contribution in [0.3, 0.4) is 0 Å². The summed E-state index contributed by atoms with van der Waals surface area (Å²) in [6.07, 6.45) is 3.45. The molecule has 0 radical (unpaired) electrons. The van der Waals surface area contributed by atoms with Crippen molar-refractivity contribution in [2.75, 3.05) is 40.0 Å². The zero-order chi connectivity index (χ0) is 15.7. The van der Waals surface area contributed by atoms with Crippen molar-refractivity contribution < 1.29 is 14.3 Å². The average Bonchev–Trinajstić information content (AvgIpc) is 3.30. The molecule has 2 unspecified atom stereocenters. The third-order valence-electron chi connectivity index (χ3n) is 4.19. The molecule has 1 N–H and O–H groups in total. The van der Waals surface area contributed by atoms with Gasteiger partial charge in [-0.25, -0.2) is 0 Å². The Bertz CT molecular complexity index is 295. The molecule has 1 fully saturated rings. The van der Waals surface area contributed by atoms with Crippen LogP contribution < -0.4 is 5.32 Å². The number of carbonyl (C=O) groups excluding carboxylic acids is 1. The van der Waals surface area contributed by atoms with Gasteiger partial charge in [0.25, 0.3) is 0 Å². The normalized spacial score (nSPS) is 17.8. The Morgan fingerprint density at radius 2 is 2.05 bits per heavy atom. The van der Waals surface area contributed by atoms with E-state index in [4.69, 9.17) is 9.47 Å². The van der Waals surface area contributed by atoms with Gasteiger partial charge in [0, 0.05) is 26.2 Å². The van der Waals surface area contributed by atoms with Crippen molar-refractivity contribution in [3.05, 3.63) is 0 Å². The average molecular weight is 300 g/mol. The molecule has 0 heterocycles. The maximum absolute atomic E-state index is 11.9. The number of rotatable bonds is 12. The number of hydrogen-bond donors (Lipinski definition) is 1. The molecule has 0 saturated heterocycles. The largest absolute Gasteiger partial charge is 0.465 e. The molecule has 124 valence electrons. The molecule has 0 aromatic heterocycles. The van der Waals surface area contributed by atoms with E-state index in [0.717, 1.165) is 38.6 Å². The quantitative estimate of drug-likeness (QED) is 0.556. The lowest BCUT2D eigenvalue weighted by molar-refractivity contribution is -0.146. The SMILES string of the molecule is CCNC(CCN(CCOC)C(C)C1CC1)C(=O)OCC. The van der Waals surface area contributed by atoms with Gasteiger partial charge in [0.1, 0.15) is 6.04 Å². The van der Waals surface area contributed by atoms with E-state index in [2.05, 4.69) is 17.1 Å². The van der Waals surface area contributed by atoms with Crippen molar-refractivity contribution in [3.8, 4) is 0 Å². The smallest absolute Gasteiger partial charge is 0.323 e. The monoisotopic (exact) mass is 300 g/mol. The first-order valence-corrected chi connectivity index (χ1v) is 8.27. The van der Waals surface area contributed by atoms with Gasteiger partial charge in [-0.1, -0.05) is 6.92 Å². The van der Waals surface area contributed by atoms with Crippen molar-refractivity contribution in [1.82, 2.24) is 10.2 Å². The minimum absolute atomic E-state index is 0.134. The van der Waals surface area contributed by atoms with Crippen LogP contribution in [-0.2, 0) is 14.3 Å². The van der Waals surface area contributed by atoms with E-state index in [0.29, 0.717) is 12.6 Å². The number of ether oxygens (including phenoxy) is 2. The van der Waals surface area contributed by atoms with Crippen LogP contribution >= 0.6 is 0 Å². The highest BCUT2D eigenvalue weighted by Crippen LogP contribution is 2.35. The second-order valence-electron chi connectivity index (χ2n) is 5.76. The van der Waals surface area contributed by atoms with Crippen LogP contribution in [-0.4, -0.2) is 62.9 Å². The molecule has 5 heteroatoms. The Labute approximate surface area is 129 Å². The molecule has 0 aromatic rings. The van der Waals surface area contributed by atoms with Crippen molar-refractivity contribution >= 4 is 5.97 Å². The van der Waals surface area contributed by atoms with Crippen molar-refractivity contribution in [2.45, 2.75) is 52.1 Å².